The molecular formula is C14H25N3O. The van der Waals surface area contributed by atoms with Crippen molar-refractivity contribution in [1.29, 1.82) is 0 Å². The minimum absolute atomic E-state index is 0.111. The van der Waals surface area contributed by atoms with Gasteiger partial charge in [0, 0.05) is 31.0 Å². The summed E-state index contributed by atoms with van der Waals surface area (Å²) in [5, 5.41) is 4.43. The minimum atomic E-state index is 0.111. The summed E-state index contributed by atoms with van der Waals surface area (Å²) in [6.07, 6.45) is 6.23. The van der Waals surface area contributed by atoms with Gasteiger partial charge in [-0.2, -0.15) is 5.10 Å². The Hall–Kier alpha value is -0.870. The molecule has 1 aliphatic rings. The van der Waals surface area contributed by atoms with Crippen LogP contribution >= 0.6 is 0 Å². The normalized spacial score (nSPS) is 21.4. The van der Waals surface area contributed by atoms with E-state index in [1.807, 2.05) is 18.7 Å². The first-order valence-corrected chi connectivity index (χ1v) is 6.97. The fourth-order valence-corrected chi connectivity index (χ4v) is 2.91. The maximum absolute atomic E-state index is 6.30. The van der Waals surface area contributed by atoms with Crippen molar-refractivity contribution in [2.24, 2.45) is 12.8 Å². The van der Waals surface area contributed by atoms with Crippen molar-refractivity contribution in [3.05, 3.63) is 17.0 Å². The summed E-state index contributed by atoms with van der Waals surface area (Å²) in [7, 11) is 1.98. The van der Waals surface area contributed by atoms with Gasteiger partial charge in [0.05, 0.1) is 11.8 Å². The zero-order valence-corrected chi connectivity index (χ0v) is 11.8. The number of ether oxygens (including phenoxy) is 1. The average molecular weight is 251 g/mol. The molecule has 0 saturated carbocycles. The highest BCUT2D eigenvalue weighted by molar-refractivity contribution is 5.27. The largest absolute Gasteiger partial charge is 0.378 e. The van der Waals surface area contributed by atoms with E-state index in [4.69, 9.17) is 10.5 Å². The lowest BCUT2D eigenvalue weighted by Gasteiger charge is -2.14. The molecule has 1 aromatic rings. The highest BCUT2D eigenvalue weighted by Gasteiger charge is 2.19. The number of hydrogen-bond donors (Lipinski definition) is 1. The Balaban J connectivity index is 1.85. The van der Waals surface area contributed by atoms with Crippen molar-refractivity contribution in [3.8, 4) is 0 Å². The van der Waals surface area contributed by atoms with Crippen molar-refractivity contribution in [3.63, 3.8) is 0 Å². The third-order valence-corrected chi connectivity index (χ3v) is 4.00. The topological polar surface area (TPSA) is 53.1 Å². The van der Waals surface area contributed by atoms with E-state index in [0.29, 0.717) is 6.10 Å². The number of rotatable bonds is 5. The van der Waals surface area contributed by atoms with Crippen molar-refractivity contribution < 1.29 is 4.74 Å². The molecule has 4 nitrogen and oxygen atoms in total. The fourth-order valence-electron chi connectivity index (χ4n) is 2.91. The van der Waals surface area contributed by atoms with Gasteiger partial charge in [-0.3, -0.25) is 4.68 Å². The Morgan fingerprint density at radius 1 is 1.50 bits per heavy atom. The molecule has 1 aliphatic heterocycles. The van der Waals surface area contributed by atoms with E-state index >= 15 is 0 Å². The van der Waals surface area contributed by atoms with Crippen LogP contribution in [-0.4, -0.2) is 22.5 Å². The van der Waals surface area contributed by atoms with Crippen LogP contribution in [0.3, 0.4) is 0 Å². The number of nitrogens with two attached hydrogens (primary N) is 1. The molecule has 2 heterocycles. The predicted molar refractivity (Wildman–Crippen MR) is 72.4 cm³/mol. The molecule has 0 spiro atoms. The maximum Gasteiger partial charge on any atom is 0.0644 e. The molecule has 0 amide bonds. The summed E-state index contributed by atoms with van der Waals surface area (Å²) < 4.78 is 7.56. The van der Waals surface area contributed by atoms with Gasteiger partial charge in [-0.1, -0.05) is 0 Å². The van der Waals surface area contributed by atoms with Crippen LogP contribution in [0.1, 0.15) is 55.1 Å². The first-order valence-electron chi connectivity index (χ1n) is 6.97. The monoisotopic (exact) mass is 251 g/mol. The zero-order chi connectivity index (χ0) is 13.1. The van der Waals surface area contributed by atoms with Crippen LogP contribution in [0.4, 0.5) is 0 Å². The van der Waals surface area contributed by atoms with Gasteiger partial charge < -0.3 is 10.5 Å². The molecule has 2 unspecified atom stereocenters. The molecule has 18 heavy (non-hydrogen) atoms. The van der Waals surface area contributed by atoms with Crippen LogP contribution in [0.25, 0.3) is 0 Å². The van der Waals surface area contributed by atoms with E-state index in [1.54, 1.807) is 0 Å². The van der Waals surface area contributed by atoms with Crippen LogP contribution in [0.2, 0.25) is 0 Å². The summed E-state index contributed by atoms with van der Waals surface area (Å²) in [4.78, 5) is 0. The summed E-state index contributed by atoms with van der Waals surface area (Å²) in [6, 6.07) is 0.111. The first kappa shape index (κ1) is 13.6. The summed E-state index contributed by atoms with van der Waals surface area (Å²) in [5.41, 5.74) is 9.79. The maximum atomic E-state index is 6.30. The second kappa shape index (κ2) is 5.85. The Kier molecular flexibility index (Phi) is 4.40. The van der Waals surface area contributed by atoms with Crippen LogP contribution < -0.4 is 5.73 Å². The quantitative estimate of drug-likeness (QED) is 0.874. The molecule has 2 rings (SSSR count). The van der Waals surface area contributed by atoms with Gasteiger partial charge in [0.1, 0.15) is 0 Å². The Labute approximate surface area is 110 Å². The van der Waals surface area contributed by atoms with Crippen LogP contribution in [0.5, 0.6) is 0 Å². The molecule has 0 radical (unpaired) electrons. The number of hydrogen-bond acceptors (Lipinski definition) is 3. The highest BCUT2D eigenvalue weighted by Crippen LogP contribution is 2.25. The van der Waals surface area contributed by atoms with Gasteiger partial charge >= 0.3 is 0 Å². The van der Waals surface area contributed by atoms with E-state index in [2.05, 4.69) is 12.0 Å². The first-order chi connectivity index (χ1) is 8.59. The van der Waals surface area contributed by atoms with Gasteiger partial charge in [0.15, 0.2) is 0 Å². The second-order valence-electron chi connectivity index (χ2n) is 5.38. The predicted octanol–water partition coefficient (Wildman–Crippen LogP) is 2.39. The molecule has 102 valence electrons. The van der Waals surface area contributed by atoms with Gasteiger partial charge in [0.25, 0.3) is 0 Å². The standard InChI is InChI=1S/C14H25N3O/c1-10-14(11(2)17(3)16-10)13(15)8-4-6-12-7-5-9-18-12/h12-13H,4-9,15H2,1-3H3. The zero-order valence-electron chi connectivity index (χ0n) is 11.8. The molecule has 4 heteroatoms. The van der Waals surface area contributed by atoms with Crippen molar-refractivity contribution in [2.45, 2.75) is 58.1 Å². The van der Waals surface area contributed by atoms with E-state index in [1.165, 1.54) is 24.1 Å². The molecule has 0 aromatic carbocycles. The van der Waals surface area contributed by atoms with E-state index in [9.17, 15) is 0 Å². The second-order valence-corrected chi connectivity index (χ2v) is 5.38. The number of nitrogens with zero attached hydrogens (tertiary/aromatic N) is 2. The summed E-state index contributed by atoms with van der Waals surface area (Å²) in [5.74, 6) is 0. The minimum Gasteiger partial charge on any atom is -0.378 e. The van der Waals surface area contributed by atoms with Crippen molar-refractivity contribution in [1.82, 2.24) is 9.78 Å². The molecule has 0 aliphatic carbocycles. The van der Waals surface area contributed by atoms with Gasteiger partial charge in [-0.15, -0.1) is 0 Å². The highest BCUT2D eigenvalue weighted by atomic mass is 16.5. The lowest BCUT2D eigenvalue weighted by Crippen LogP contribution is -2.14. The summed E-state index contributed by atoms with van der Waals surface area (Å²) in [6.45, 7) is 5.08. The van der Waals surface area contributed by atoms with Crippen molar-refractivity contribution >= 4 is 0 Å². The van der Waals surface area contributed by atoms with Gasteiger partial charge in [0.2, 0.25) is 0 Å². The third-order valence-electron chi connectivity index (χ3n) is 4.00. The molecule has 1 aromatic heterocycles. The van der Waals surface area contributed by atoms with Gasteiger partial charge in [-0.05, 0) is 46.0 Å². The van der Waals surface area contributed by atoms with Crippen LogP contribution in [-0.2, 0) is 11.8 Å². The van der Waals surface area contributed by atoms with E-state index in [-0.39, 0.29) is 6.04 Å². The SMILES string of the molecule is Cc1nn(C)c(C)c1C(N)CCCC1CCCO1. The molecule has 2 N–H and O–H groups in total. The van der Waals surface area contributed by atoms with Crippen LogP contribution in [0.15, 0.2) is 0 Å². The molecule has 2 atom stereocenters. The third kappa shape index (κ3) is 2.93. The molecule has 1 saturated heterocycles. The number of aromatic nitrogens is 2. The summed E-state index contributed by atoms with van der Waals surface area (Å²) >= 11 is 0. The van der Waals surface area contributed by atoms with E-state index in [0.717, 1.165) is 31.6 Å². The Bertz CT molecular complexity index is 394. The molecular weight excluding hydrogens is 226 g/mol. The molecule has 1 fully saturated rings. The smallest absolute Gasteiger partial charge is 0.0644 e. The number of aryl methyl sites for hydroxylation is 2. The van der Waals surface area contributed by atoms with Crippen molar-refractivity contribution in [2.75, 3.05) is 6.61 Å². The Morgan fingerprint density at radius 3 is 2.83 bits per heavy atom. The lowest BCUT2D eigenvalue weighted by molar-refractivity contribution is 0.101. The molecule has 0 bridgehead atoms. The van der Waals surface area contributed by atoms with E-state index < -0.39 is 0 Å². The fraction of sp³-hybridized carbons (Fsp3) is 0.786. The van der Waals surface area contributed by atoms with Crippen LogP contribution in [0, 0.1) is 13.8 Å². The Morgan fingerprint density at radius 2 is 2.28 bits per heavy atom. The lowest BCUT2D eigenvalue weighted by atomic mass is 9.98. The van der Waals surface area contributed by atoms with Gasteiger partial charge in [-0.25, -0.2) is 0 Å². The average Bonchev–Trinajstić information content (AvgIpc) is 2.89.